The van der Waals surface area contributed by atoms with E-state index >= 15 is 0 Å². The van der Waals surface area contributed by atoms with Gasteiger partial charge < -0.3 is 24.3 Å². The van der Waals surface area contributed by atoms with Gasteiger partial charge in [0.1, 0.15) is 12.7 Å². The number of hydrogen-bond donors (Lipinski definition) is 1. The van der Waals surface area contributed by atoms with Crippen LogP contribution in [-0.2, 0) is 9.47 Å². The van der Waals surface area contributed by atoms with Crippen LogP contribution in [0.1, 0.15) is 23.2 Å². The minimum absolute atomic E-state index is 0.122. The van der Waals surface area contributed by atoms with E-state index in [1.54, 1.807) is 30.4 Å². The minimum atomic E-state index is -0.411. The van der Waals surface area contributed by atoms with Gasteiger partial charge in [0.05, 0.1) is 25.9 Å². The van der Waals surface area contributed by atoms with Gasteiger partial charge in [0.25, 0.3) is 0 Å². The van der Waals surface area contributed by atoms with Gasteiger partial charge in [0, 0.05) is 12.6 Å². The summed E-state index contributed by atoms with van der Waals surface area (Å²) in [5, 5.41) is 3.43. The molecule has 1 aliphatic carbocycles. The smallest absolute Gasteiger partial charge is 0.337 e. The van der Waals surface area contributed by atoms with Crippen molar-refractivity contribution in [2.24, 2.45) is 0 Å². The summed E-state index contributed by atoms with van der Waals surface area (Å²) >= 11 is 0. The van der Waals surface area contributed by atoms with Crippen LogP contribution in [0.4, 0.5) is 0 Å². The molecule has 0 atom stereocenters. The summed E-state index contributed by atoms with van der Waals surface area (Å²) in [6.45, 7) is 9.65. The number of esters is 1. The first-order valence-electron chi connectivity index (χ1n) is 8.72. The molecule has 0 saturated heterocycles. The molecule has 1 N–H and O–H groups in total. The lowest BCUT2D eigenvalue weighted by Crippen LogP contribution is -2.47. The normalized spacial score (nSPS) is 18.5. The van der Waals surface area contributed by atoms with Crippen molar-refractivity contribution in [3.05, 3.63) is 49.1 Å². The van der Waals surface area contributed by atoms with Crippen molar-refractivity contribution in [3.8, 4) is 11.5 Å². The third-order valence-corrected chi connectivity index (χ3v) is 4.03. The average Bonchev–Trinajstić information content (AvgIpc) is 2.63. The Kier molecular flexibility index (Phi) is 8.18. The van der Waals surface area contributed by atoms with Crippen molar-refractivity contribution in [1.29, 1.82) is 0 Å². The van der Waals surface area contributed by atoms with E-state index in [0.717, 1.165) is 19.4 Å². The van der Waals surface area contributed by atoms with Crippen molar-refractivity contribution in [1.82, 2.24) is 5.32 Å². The van der Waals surface area contributed by atoms with Crippen LogP contribution >= 0.6 is 0 Å². The Morgan fingerprint density at radius 2 is 2.00 bits per heavy atom. The SMILES string of the molecule is C=CCOCCN[C@H]1C[C@H](Oc2ccc(C(=O)OC)cc2OCC=C)C1. The molecule has 1 aliphatic rings. The highest BCUT2D eigenvalue weighted by molar-refractivity contribution is 5.90. The predicted molar refractivity (Wildman–Crippen MR) is 99.9 cm³/mol. The van der Waals surface area contributed by atoms with E-state index in [4.69, 9.17) is 18.9 Å². The van der Waals surface area contributed by atoms with Crippen LogP contribution < -0.4 is 14.8 Å². The van der Waals surface area contributed by atoms with Crippen molar-refractivity contribution in [2.45, 2.75) is 25.0 Å². The maximum Gasteiger partial charge on any atom is 0.337 e. The van der Waals surface area contributed by atoms with E-state index in [0.29, 0.717) is 42.9 Å². The molecule has 142 valence electrons. The number of carbonyl (C=O) groups excluding carboxylic acids is 1. The average molecular weight is 361 g/mol. The molecule has 0 radical (unpaired) electrons. The van der Waals surface area contributed by atoms with Gasteiger partial charge in [0.15, 0.2) is 11.5 Å². The molecule has 1 saturated carbocycles. The summed E-state index contributed by atoms with van der Waals surface area (Å²) < 4.78 is 21.7. The fourth-order valence-electron chi connectivity index (χ4n) is 2.62. The number of ether oxygens (including phenoxy) is 4. The first-order valence-corrected chi connectivity index (χ1v) is 8.72. The lowest BCUT2D eigenvalue weighted by Gasteiger charge is -2.36. The fraction of sp³-hybridized carbons (Fsp3) is 0.450. The van der Waals surface area contributed by atoms with Gasteiger partial charge in [-0.25, -0.2) is 4.79 Å². The zero-order valence-corrected chi connectivity index (χ0v) is 15.2. The number of methoxy groups -OCH3 is 1. The van der Waals surface area contributed by atoms with Gasteiger partial charge in [-0.05, 0) is 31.0 Å². The second-order valence-electron chi connectivity index (χ2n) is 5.98. The largest absolute Gasteiger partial charge is 0.486 e. The molecule has 0 amide bonds. The predicted octanol–water partition coefficient (Wildman–Crippen LogP) is 2.74. The molecular formula is C20H27NO5. The summed E-state index contributed by atoms with van der Waals surface area (Å²) in [4.78, 5) is 11.7. The van der Waals surface area contributed by atoms with E-state index in [1.807, 2.05) is 0 Å². The Labute approximate surface area is 154 Å². The van der Waals surface area contributed by atoms with Crippen LogP contribution in [0.15, 0.2) is 43.5 Å². The summed E-state index contributed by atoms with van der Waals surface area (Å²) in [6, 6.07) is 5.48. The van der Waals surface area contributed by atoms with Gasteiger partial charge >= 0.3 is 5.97 Å². The second kappa shape index (κ2) is 10.6. The molecule has 2 rings (SSSR count). The topological polar surface area (TPSA) is 66.0 Å². The zero-order valence-electron chi connectivity index (χ0n) is 15.2. The van der Waals surface area contributed by atoms with Crippen molar-refractivity contribution in [3.63, 3.8) is 0 Å². The maximum absolute atomic E-state index is 11.7. The molecule has 26 heavy (non-hydrogen) atoms. The fourth-order valence-corrected chi connectivity index (χ4v) is 2.62. The highest BCUT2D eigenvalue weighted by atomic mass is 16.5. The maximum atomic E-state index is 11.7. The Balaban J connectivity index is 1.84. The molecule has 1 fully saturated rings. The Morgan fingerprint density at radius 3 is 2.69 bits per heavy atom. The van der Waals surface area contributed by atoms with Gasteiger partial charge in [-0.3, -0.25) is 0 Å². The molecule has 0 aromatic heterocycles. The lowest BCUT2D eigenvalue weighted by molar-refractivity contribution is 0.0599. The van der Waals surface area contributed by atoms with E-state index in [1.165, 1.54) is 7.11 Å². The van der Waals surface area contributed by atoms with Gasteiger partial charge in [-0.1, -0.05) is 18.7 Å². The molecule has 6 nitrogen and oxygen atoms in total. The van der Waals surface area contributed by atoms with Crippen LogP contribution in [0.5, 0.6) is 11.5 Å². The van der Waals surface area contributed by atoms with E-state index in [-0.39, 0.29) is 6.10 Å². The number of carbonyl (C=O) groups is 1. The summed E-state index contributed by atoms with van der Waals surface area (Å²) in [5.74, 6) is 0.728. The van der Waals surface area contributed by atoms with Crippen molar-refractivity contribution in [2.75, 3.05) is 33.5 Å². The highest BCUT2D eigenvalue weighted by Crippen LogP contribution is 2.33. The van der Waals surface area contributed by atoms with Crippen LogP contribution in [0, 0.1) is 0 Å². The summed E-state index contributed by atoms with van der Waals surface area (Å²) in [7, 11) is 1.35. The number of benzene rings is 1. The van der Waals surface area contributed by atoms with Crippen LogP contribution in [0.3, 0.4) is 0 Å². The Morgan fingerprint density at radius 1 is 1.23 bits per heavy atom. The minimum Gasteiger partial charge on any atom is -0.486 e. The second-order valence-corrected chi connectivity index (χ2v) is 5.98. The summed E-state index contributed by atoms with van der Waals surface area (Å²) in [6.07, 6.45) is 5.34. The van der Waals surface area contributed by atoms with E-state index in [9.17, 15) is 4.79 Å². The van der Waals surface area contributed by atoms with Crippen LogP contribution in [0.2, 0.25) is 0 Å². The molecule has 0 spiro atoms. The molecule has 0 unspecified atom stereocenters. The summed E-state index contributed by atoms with van der Waals surface area (Å²) in [5.41, 5.74) is 0.423. The molecule has 0 aliphatic heterocycles. The molecule has 1 aromatic rings. The lowest BCUT2D eigenvalue weighted by atomic mass is 9.89. The van der Waals surface area contributed by atoms with Gasteiger partial charge in [0.2, 0.25) is 0 Å². The van der Waals surface area contributed by atoms with E-state index < -0.39 is 5.97 Å². The first kappa shape index (κ1) is 20.0. The number of nitrogens with one attached hydrogen (secondary N) is 1. The zero-order chi connectivity index (χ0) is 18.8. The third-order valence-electron chi connectivity index (χ3n) is 4.03. The monoisotopic (exact) mass is 361 g/mol. The number of rotatable bonds is 12. The first-order chi connectivity index (χ1) is 12.7. The molecule has 1 aromatic carbocycles. The van der Waals surface area contributed by atoms with Crippen LogP contribution in [-0.4, -0.2) is 51.6 Å². The standard InChI is InChI=1S/C20H27NO5/c1-4-9-24-11-8-21-16-13-17(14-16)26-18-7-6-15(20(22)23-3)12-19(18)25-10-5-2/h4-7,12,16-17,21H,1-2,8-11,13-14H2,3H3/t16-,17-. The third kappa shape index (κ3) is 5.89. The van der Waals surface area contributed by atoms with Crippen molar-refractivity contribution >= 4 is 5.97 Å². The number of hydrogen-bond acceptors (Lipinski definition) is 6. The molecular weight excluding hydrogens is 334 g/mol. The van der Waals surface area contributed by atoms with E-state index in [2.05, 4.69) is 18.5 Å². The van der Waals surface area contributed by atoms with Crippen molar-refractivity contribution < 1.29 is 23.7 Å². The Hall–Kier alpha value is -2.31. The van der Waals surface area contributed by atoms with Gasteiger partial charge in [-0.2, -0.15) is 0 Å². The molecule has 0 heterocycles. The molecule has 6 heteroatoms. The van der Waals surface area contributed by atoms with Crippen LogP contribution in [0.25, 0.3) is 0 Å². The van der Waals surface area contributed by atoms with Gasteiger partial charge in [-0.15, -0.1) is 6.58 Å². The Bertz CT molecular complexity index is 610. The highest BCUT2D eigenvalue weighted by Gasteiger charge is 2.31. The molecule has 0 bridgehead atoms. The quantitative estimate of drug-likeness (QED) is 0.351.